The Balaban J connectivity index is 1.30. The number of likely N-dealkylation sites (tertiary alicyclic amines) is 1. The van der Waals surface area contributed by atoms with Gasteiger partial charge in [-0.05, 0) is 54.7 Å². The third-order valence-corrected chi connectivity index (χ3v) is 9.64. The Kier molecular flexibility index (Phi) is 15.0. The average Bonchev–Trinajstić information content (AvgIpc) is 3.57. The van der Waals surface area contributed by atoms with Gasteiger partial charge in [0, 0.05) is 75.5 Å². The minimum Gasteiger partial charge on any atom is -0.492 e. The maximum absolute atomic E-state index is 9.78. The van der Waals surface area contributed by atoms with Crippen molar-refractivity contribution in [1.29, 1.82) is 5.26 Å². The van der Waals surface area contributed by atoms with Crippen LogP contribution < -0.4 is 19.5 Å². The molecule has 52 heavy (non-hydrogen) atoms. The highest BCUT2D eigenvalue weighted by molar-refractivity contribution is 6.35. The number of nitriles is 1. The van der Waals surface area contributed by atoms with E-state index in [1.54, 1.807) is 32.5 Å². The van der Waals surface area contributed by atoms with E-state index in [9.17, 15) is 10.4 Å². The van der Waals surface area contributed by atoms with E-state index in [4.69, 9.17) is 46.9 Å². The van der Waals surface area contributed by atoms with E-state index in [2.05, 4.69) is 21.3 Å². The minimum absolute atomic E-state index is 0.0410. The summed E-state index contributed by atoms with van der Waals surface area (Å²) in [6.45, 7) is 6.94. The molecule has 276 valence electrons. The number of hydrogen-bond donors (Lipinski definition) is 2. The smallest absolute Gasteiger partial charge is 0.142 e. The lowest BCUT2D eigenvalue weighted by Gasteiger charge is -2.20. The molecule has 1 aliphatic rings. The second-order valence-electron chi connectivity index (χ2n) is 12.8. The number of ether oxygens (including phenoxy) is 5. The molecule has 10 nitrogen and oxygen atoms in total. The number of aliphatic hydroxyl groups excluding tert-OH is 1. The summed E-state index contributed by atoms with van der Waals surface area (Å²) in [5.41, 5.74) is 5.89. The molecule has 12 heteroatoms. The summed E-state index contributed by atoms with van der Waals surface area (Å²) in [6, 6.07) is 19.3. The summed E-state index contributed by atoms with van der Waals surface area (Å²) in [4.78, 5) is 6.41. The van der Waals surface area contributed by atoms with Gasteiger partial charge in [-0.2, -0.15) is 5.26 Å². The number of methoxy groups -OCH3 is 2. The van der Waals surface area contributed by atoms with Gasteiger partial charge < -0.3 is 39.0 Å². The van der Waals surface area contributed by atoms with Crippen LogP contribution in [0.1, 0.15) is 40.7 Å². The molecule has 1 saturated heterocycles. The molecule has 1 aromatic heterocycles. The van der Waals surface area contributed by atoms with Crippen molar-refractivity contribution >= 4 is 23.2 Å². The number of hydrogen-bond acceptors (Lipinski definition) is 10. The summed E-state index contributed by atoms with van der Waals surface area (Å²) in [5.74, 6) is 1.69. The van der Waals surface area contributed by atoms with Crippen molar-refractivity contribution in [3.05, 3.63) is 105 Å². The van der Waals surface area contributed by atoms with E-state index in [1.807, 2.05) is 49.4 Å². The van der Waals surface area contributed by atoms with E-state index < -0.39 is 0 Å². The van der Waals surface area contributed by atoms with Crippen LogP contribution in [0.4, 0.5) is 0 Å². The summed E-state index contributed by atoms with van der Waals surface area (Å²) in [5, 5.41) is 23.5. The molecular weight excluding hydrogens is 703 g/mol. The Hall–Kier alpha value is -3.92. The first kappa shape index (κ1) is 39.3. The number of nitrogens with zero attached hydrogens (tertiary/aromatic N) is 3. The zero-order chi connectivity index (χ0) is 36.9. The van der Waals surface area contributed by atoms with Gasteiger partial charge in [0.15, 0.2) is 0 Å². The third-order valence-electron chi connectivity index (χ3n) is 8.96. The van der Waals surface area contributed by atoms with E-state index in [1.165, 1.54) is 6.20 Å². The van der Waals surface area contributed by atoms with E-state index in [0.29, 0.717) is 59.2 Å². The number of rotatable bonds is 19. The molecule has 0 aliphatic carbocycles. The van der Waals surface area contributed by atoms with Crippen LogP contribution in [-0.4, -0.2) is 80.8 Å². The van der Waals surface area contributed by atoms with Gasteiger partial charge in [-0.1, -0.05) is 53.5 Å². The van der Waals surface area contributed by atoms with Gasteiger partial charge >= 0.3 is 0 Å². The van der Waals surface area contributed by atoms with Gasteiger partial charge in [-0.15, -0.1) is 0 Å². The van der Waals surface area contributed by atoms with Crippen molar-refractivity contribution in [2.45, 2.75) is 51.7 Å². The predicted molar refractivity (Wildman–Crippen MR) is 202 cm³/mol. The highest BCUT2D eigenvalue weighted by Gasteiger charge is 2.20. The Morgan fingerprint density at radius 3 is 2.46 bits per heavy atom. The van der Waals surface area contributed by atoms with Crippen molar-refractivity contribution in [3.63, 3.8) is 0 Å². The predicted octanol–water partition coefficient (Wildman–Crippen LogP) is 6.98. The normalized spacial score (nSPS) is 14.5. The van der Waals surface area contributed by atoms with Gasteiger partial charge in [-0.3, -0.25) is 4.98 Å². The number of benzene rings is 3. The highest BCUT2D eigenvalue weighted by atomic mass is 35.5. The second-order valence-corrected chi connectivity index (χ2v) is 13.6. The van der Waals surface area contributed by atoms with Crippen LogP contribution in [0.5, 0.6) is 17.2 Å². The largest absolute Gasteiger partial charge is 0.492 e. The standard InChI is InChI=1S/C40H46Cl2N4O6/c1-27-30(7-4-8-34(27)35-9-5-10-37(40(35)42)50-14-6-12-46-13-11-33(47)22-46)24-52-39-17-38(51-23-29-15-28(18-43)19-44-20-29)31(16-36(39)41)21-45-32(25-48-2)26-49-3/h4-5,7-10,15-17,19-20,32-33,45,47H,6,11-14,21-26H2,1-3H3. The molecule has 1 aliphatic heterocycles. The van der Waals surface area contributed by atoms with Gasteiger partial charge in [0.2, 0.25) is 0 Å². The van der Waals surface area contributed by atoms with Crippen LogP contribution >= 0.6 is 23.2 Å². The molecule has 0 radical (unpaired) electrons. The molecule has 1 unspecified atom stereocenters. The van der Waals surface area contributed by atoms with Crippen molar-refractivity contribution in [2.75, 3.05) is 53.7 Å². The zero-order valence-electron chi connectivity index (χ0n) is 29.9. The molecule has 1 fully saturated rings. The van der Waals surface area contributed by atoms with E-state index in [-0.39, 0.29) is 25.4 Å². The molecule has 2 N–H and O–H groups in total. The number of nitrogens with one attached hydrogen (secondary N) is 1. The zero-order valence-corrected chi connectivity index (χ0v) is 31.4. The van der Waals surface area contributed by atoms with Gasteiger partial charge in [0.05, 0.1) is 47.6 Å². The molecule has 0 spiro atoms. The number of β-amino-alcohol motifs (C(OH)–C–C–N with tert-alkyl or cyclic N) is 1. The lowest BCUT2D eigenvalue weighted by atomic mass is 9.96. The molecule has 0 bridgehead atoms. The Morgan fingerprint density at radius 2 is 1.71 bits per heavy atom. The second kappa shape index (κ2) is 19.8. The maximum Gasteiger partial charge on any atom is 0.142 e. The third kappa shape index (κ3) is 10.8. The van der Waals surface area contributed by atoms with Crippen LogP contribution in [0.25, 0.3) is 11.1 Å². The summed E-state index contributed by atoms with van der Waals surface area (Å²) >= 11 is 13.7. The van der Waals surface area contributed by atoms with Gasteiger partial charge in [0.1, 0.15) is 36.5 Å². The molecular formula is C40H46Cl2N4O6. The van der Waals surface area contributed by atoms with Crippen LogP contribution in [0.3, 0.4) is 0 Å². The first-order valence-corrected chi connectivity index (χ1v) is 18.1. The van der Waals surface area contributed by atoms with Crippen LogP contribution in [0.2, 0.25) is 10.0 Å². The van der Waals surface area contributed by atoms with E-state index in [0.717, 1.165) is 65.9 Å². The first-order valence-electron chi connectivity index (χ1n) is 17.3. The molecule has 1 atom stereocenters. The molecule has 5 rings (SSSR count). The lowest BCUT2D eigenvalue weighted by Crippen LogP contribution is -2.36. The van der Waals surface area contributed by atoms with Crippen molar-refractivity contribution in [1.82, 2.24) is 15.2 Å². The lowest BCUT2D eigenvalue weighted by molar-refractivity contribution is 0.102. The maximum atomic E-state index is 9.78. The fourth-order valence-electron chi connectivity index (χ4n) is 6.17. The molecule has 0 amide bonds. The molecule has 0 saturated carbocycles. The Labute approximate surface area is 316 Å². The quantitative estimate of drug-likeness (QED) is 0.0973. The number of pyridine rings is 1. The van der Waals surface area contributed by atoms with Crippen molar-refractivity contribution in [3.8, 4) is 34.4 Å². The average molecular weight is 750 g/mol. The molecule has 3 aromatic carbocycles. The van der Waals surface area contributed by atoms with Crippen LogP contribution in [-0.2, 0) is 29.2 Å². The number of aromatic nitrogens is 1. The topological polar surface area (TPSA) is 118 Å². The summed E-state index contributed by atoms with van der Waals surface area (Å²) in [6.07, 6.45) is 4.64. The van der Waals surface area contributed by atoms with Gasteiger partial charge in [0.25, 0.3) is 0 Å². The first-order chi connectivity index (χ1) is 25.3. The SMILES string of the molecule is COCC(COC)NCc1cc(Cl)c(OCc2cccc(-c3cccc(OCCCN4CCC(O)C4)c3Cl)c2C)cc1OCc1cncc(C#N)c1. The Morgan fingerprint density at radius 1 is 0.942 bits per heavy atom. The summed E-state index contributed by atoms with van der Waals surface area (Å²) < 4.78 is 29.4. The fraction of sp³-hybridized carbons (Fsp3) is 0.400. The summed E-state index contributed by atoms with van der Waals surface area (Å²) in [7, 11) is 3.30. The monoisotopic (exact) mass is 748 g/mol. The van der Waals surface area contributed by atoms with Crippen molar-refractivity contribution < 1.29 is 28.8 Å². The van der Waals surface area contributed by atoms with Gasteiger partial charge in [-0.25, -0.2) is 0 Å². The minimum atomic E-state index is -0.225. The molecule has 4 aromatic rings. The van der Waals surface area contributed by atoms with Crippen LogP contribution in [0, 0.1) is 18.3 Å². The highest BCUT2D eigenvalue weighted by Crippen LogP contribution is 2.39. The van der Waals surface area contributed by atoms with E-state index >= 15 is 0 Å². The molecule has 2 heterocycles. The number of aliphatic hydroxyl groups is 1. The Bertz CT molecular complexity index is 1810. The fourth-order valence-corrected chi connectivity index (χ4v) is 6.70. The number of halogens is 2. The van der Waals surface area contributed by atoms with Crippen LogP contribution in [0.15, 0.2) is 67.0 Å². The van der Waals surface area contributed by atoms with Crippen molar-refractivity contribution in [2.24, 2.45) is 0 Å².